The lowest BCUT2D eigenvalue weighted by molar-refractivity contribution is 0.0861. The number of rotatable bonds is 6. The molecule has 1 heterocycles. The van der Waals surface area contributed by atoms with Crippen LogP contribution in [-0.4, -0.2) is 24.7 Å². The largest absolute Gasteiger partial charge is 0.382 e. The molecule has 0 saturated heterocycles. The van der Waals surface area contributed by atoms with Gasteiger partial charge in [0.15, 0.2) is 0 Å². The third-order valence-corrected chi connectivity index (χ3v) is 5.50. The zero-order valence-electron chi connectivity index (χ0n) is 12.2. The third kappa shape index (κ3) is 2.46. The van der Waals surface area contributed by atoms with E-state index in [9.17, 15) is 0 Å². The van der Waals surface area contributed by atoms with Crippen LogP contribution in [0.25, 0.3) is 0 Å². The number of nitrogens with zero attached hydrogens (tertiary/aromatic N) is 1. The zero-order chi connectivity index (χ0) is 13.5. The summed E-state index contributed by atoms with van der Waals surface area (Å²) in [6.45, 7) is 5.17. The highest BCUT2D eigenvalue weighted by Crippen LogP contribution is 2.48. The first kappa shape index (κ1) is 13.5. The van der Waals surface area contributed by atoms with E-state index in [2.05, 4.69) is 19.2 Å². The van der Waals surface area contributed by atoms with Gasteiger partial charge in [0.1, 0.15) is 5.01 Å². The van der Waals surface area contributed by atoms with Crippen LogP contribution in [0.1, 0.15) is 48.7 Å². The normalized spacial score (nSPS) is 21.7. The van der Waals surface area contributed by atoms with Crippen LogP contribution in [0.5, 0.6) is 0 Å². The number of ether oxygens (including phenoxy) is 1. The molecule has 0 spiro atoms. The number of thiazole rings is 1. The van der Waals surface area contributed by atoms with Gasteiger partial charge >= 0.3 is 0 Å². The molecule has 3 nitrogen and oxygen atoms in total. The predicted molar refractivity (Wildman–Crippen MR) is 78.7 cm³/mol. The molecule has 1 fully saturated rings. The quantitative estimate of drug-likeness (QED) is 0.870. The molecular formula is C15H24N2OS. The monoisotopic (exact) mass is 280 g/mol. The van der Waals surface area contributed by atoms with Crippen LogP contribution in [0, 0.1) is 5.92 Å². The lowest BCUT2D eigenvalue weighted by Gasteiger charge is -2.34. The molecule has 1 aromatic heterocycles. The van der Waals surface area contributed by atoms with Gasteiger partial charge in [-0.05, 0) is 51.9 Å². The Morgan fingerprint density at radius 1 is 1.42 bits per heavy atom. The summed E-state index contributed by atoms with van der Waals surface area (Å²) in [5.41, 5.74) is 1.31. The Morgan fingerprint density at radius 3 is 2.79 bits per heavy atom. The van der Waals surface area contributed by atoms with Gasteiger partial charge in [-0.1, -0.05) is 0 Å². The van der Waals surface area contributed by atoms with Gasteiger partial charge in [-0.15, -0.1) is 11.3 Å². The van der Waals surface area contributed by atoms with E-state index in [4.69, 9.17) is 9.72 Å². The van der Waals surface area contributed by atoms with Crippen LogP contribution in [0.3, 0.4) is 0 Å². The van der Waals surface area contributed by atoms with E-state index in [-0.39, 0.29) is 5.54 Å². The third-order valence-electron chi connectivity index (χ3n) is 4.17. The SMILES string of the molecule is COCC(NC(C)C)(c1nc2c(s1)CCC2)C1CC1. The van der Waals surface area contributed by atoms with Crippen molar-refractivity contribution in [1.29, 1.82) is 0 Å². The van der Waals surface area contributed by atoms with E-state index in [0.717, 1.165) is 6.61 Å². The van der Waals surface area contributed by atoms with Gasteiger partial charge in [0.2, 0.25) is 0 Å². The molecule has 1 N–H and O–H groups in total. The average molecular weight is 280 g/mol. The lowest BCUT2D eigenvalue weighted by Crippen LogP contribution is -2.51. The molecule has 4 heteroatoms. The first-order valence-electron chi connectivity index (χ1n) is 7.41. The van der Waals surface area contributed by atoms with Crippen molar-refractivity contribution < 1.29 is 4.74 Å². The molecule has 1 unspecified atom stereocenters. The van der Waals surface area contributed by atoms with Crippen LogP contribution in [0.4, 0.5) is 0 Å². The smallest absolute Gasteiger partial charge is 0.116 e. The maximum Gasteiger partial charge on any atom is 0.116 e. The van der Waals surface area contributed by atoms with Crippen molar-refractivity contribution in [3.63, 3.8) is 0 Å². The van der Waals surface area contributed by atoms with Crippen molar-refractivity contribution in [3.8, 4) is 0 Å². The van der Waals surface area contributed by atoms with E-state index in [1.165, 1.54) is 47.7 Å². The fourth-order valence-electron chi connectivity index (χ4n) is 3.28. The Labute approximate surface area is 119 Å². The van der Waals surface area contributed by atoms with E-state index in [0.29, 0.717) is 12.0 Å². The summed E-state index contributed by atoms with van der Waals surface area (Å²) in [6, 6.07) is 0.453. The van der Waals surface area contributed by atoms with Gasteiger partial charge in [-0.25, -0.2) is 4.98 Å². The van der Waals surface area contributed by atoms with Crippen molar-refractivity contribution in [2.75, 3.05) is 13.7 Å². The van der Waals surface area contributed by atoms with Crippen molar-refractivity contribution in [2.45, 2.75) is 57.5 Å². The second kappa shape index (κ2) is 5.15. The summed E-state index contributed by atoms with van der Waals surface area (Å²) in [5, 5.41) is 5.06. The number of methoxy groups -OCH3 is 1. The molecule has 3 rings (SSSR count). The van der Waals surface area contributed by atoms with Gasteiger partial charge in [0.25, 0.3) is 0 Å². The van der Waals surface area contributed by atoms with Gasteiger partial charge < -0.3 is 10.1 Å². The summed E-state index contributed by atoms with van der Waals surface area (Å²) < 4.78 is 5.57. The summed E-state index contributed by atoms with van der Waals surface area (Å²) in [5.74, 6) is 0.695. The van der Waals surface area contributed by atoms with Crippen molar-refractivity contribution in [3.05, 3.63) is 15.6 Å². The van der Waals surface area contributed by atoms with Gasteiger partial charge in [-0.2, -0.15) is 0 Å². The Balaban J connectivity index is 1.96. The molecule has 1 aromatic rings. The standard InChI is InChI=1S/C15H24N2OS/c1-10(2)17-15(9-18-3,11-7-8-11)14-16-12-5-4-6-13(12)19-14/h10-11,17H,4-9H2,1-3H3. The molecule has 0 aromatic carbocycles. The van der Waals surface area contributed by atoms with E-state index >= 15 is 0 Å². The topological polar surface area (TPSA) is 34.1 Å². The van der Waals surface area contributed by atoms with Gasteiger partial charge in [0.05, 0.1) is 17.8 Å². The first-order valence-corrected chi connectivity index (χ1v) is 8.23. The summed E-state index contributed by atoms with van der Waals surface area (Å²) in [7, 11) is 1.81. The fourth-order valence-corrected chi connectivity index (χ4v) is 4.64. The number of aromatic nitrogens is 1. The Hall–Kier alpha value is -0.450. The fraction of sp³-hybridized carbons (Fsp3) is 0.800. The summed E-state index contributed by atoms with van der Waals surface area (Å²) in [4.78, 5) is 6.49. The van der Waals surface area contributed by atoms with Crippen LogP contribution < -0.4 is 5.32 Å². The molecule has 106 valence electrons. The zero-order valence-corrected chi connectivity index (χ0v) is 13.0. The van der Waals surface area contributed by atoms with E-state index in [1.54, 1.807) is 7.11 Å². The van der Waals surface area contributed by atoms with Crippen LogP contribution in [0.2, 0.25) is 0 Å². The molecule has 2 aliphatic carbocycles. The highest BCUT2D eigenvalue weighted by atomic mass is 32.1. The van der Waals surface area contributed by atoms with Crippen molar-refractivity contribution >= 4 is 11.3 Å². The Kier molecular flexibility index (Phi) is 3.67. The number of nitrogens with one attached hydrogen (secondary N) is 1. The number of hydrogen-bond acceptors (Lipinski definition) is 4. The molecule has 1 saturated carbocycles. The van der Waals surface area contributed by atoms with E-state index < -0.39 is 0 Å². The minimum absolute atomic E-state index is 0.0437. The second-order valence-corrected chi connectivity index (χ2v) is 7.30. The second-order valence-electron chi connectivity index (χ2n) is 6.22. The maximum atomic E-state index is 5.57. The predicted octanol–water partition coefficient (Wildman–Crippen LogP) is 2.88. The van der Waals surface area contributed by atoms with E-state index in [1.807, 2.05) is 11.3 Å². The minimum Gasteiger partial charge on any atom is -0.382 e. The van der Waals surface area contributed by atoms with Crippen LogP contribution >= 0.6 is 11.3 Å². The minimum atomic E-state index is -0.0437. The molecule has 2 aliphatic rings. The van der Waals surface area contributed by atoms with Crippen LogP contribution in [0.15, 0.2) is 0 Å². The number of fused-ring (bicyclic) bond motifs is 1. The highest BCUT2D eigenvalue weighted by molar-refractivity contribution is 7.12. The Bertz CT molecular complexity index is 431. The number of hydrogen-bond donors (Lipinski definition) is 1. The Morgan fingerprint density at radius 2 is 2.21 bits per heavy atom. The summed E-state index contributed by atoms with van der Waals surface area (Å²) in [6.07, 6.45) is 6.27. The molecule has 0 bridgehead atoms. The summed E-state index contributed by atoms with van der Waals surface area (Å²) >= 11 is 1.93. The molecular weight excluding hydrogens is 256 g/mol. The molecule has 0 aliphatic heterocycles. The van der Waals surface area contributed by atoms with Gasteiger partial charge in [-0.3, -0.25) is 0 Å². The average Bonchev–Trinajstić information content (AvgIpc) is 2.97. The maximum absolute atomic E-state index is 5.57. The first-order chi connectivity index (χ1) is 9.15. The van der Waals surface area contributed by atoms with Crippen molar-refractivity contribution in [1.82, 2.24) is 10.3 Å². The lowest BCUT2D eigenvalue weighted by atomic mass is 9.93. The number of aryl methyl sites for hydroxylation is 2. The molecule has 1 atom stereocenters. The van der Waals surface area contributed by atoms with Gasteiger partial charge in [0, 0.05) is 18.0 Å². The molecule has 19 heavy (non-hydrogen) atoms. The van der Waals surface area contributed by atoms with Crippen LogP contribution in [-0.2, 0) is 23.1 Å². The van der Waals surface area contributed by atoms with Crippen molar-refractivity contribution in [2.24, 2.45) is 5.92 Å². The molecule has 0 amide bonds. The highest BCUT2D eigenvalue weighted by Gasteiger charge is 2.49. The molecule has 0 radical (unpaired) electrons.